The number of aromatic nitrogens is 2. The van der Waals surface area contributed by atoms with Crippen LogP contribution in [0.3, 0.4) is 0 Å². The van der Waals surface area contributed by atoms with Crippen molar-refractivity contribution in [1.29, 1.82) is 0 Å². The maximum absolute atomic E-state index is 13.5. The largest absolute Gasteiger partial charge is 0.493 e. The zero-order chi connectivity index (χ0) is 12.4. The molecule has 2 N–H and O–H groups in total. The van der Waals surface area contributed by atoms with Gasteiger partial charge in [-0.3, -0.25) is 4.79 Å². The second-order valence-corrected chi connectivity index (χ2v) is 3.54. The Morgan fingerprint density at radius 2 is 2.12 bits per heavy atom. The van der Waals surface area contributed by atoms with Crippen molar-refractivity contribution in [2.75, 3.05) is 0 Å². The molecule has 2 aromatic rings. The number of benzene rings is 1. The lowest BCUT2D eigenvalue weighted by molar-refractivity contribution is 0.449. The average Bonchev–Trinajstić information content (AvgIpc) is 2.30. The van der Waals surface area contributed by atoms with E-state index in [1.807, 2.05) is 0 Å². The number of H-pyrrole nitrogens is 1. The van der Waals surface area contributed by atoms with E-state index in [4.69, 9.17) is 0 Å². The summed E-state index contributed by atoms with van der Waals surface area (Å²) >= 11 is 0. The van der Waals surface area contributed by atoms with Gasteiger partial charge in [-0.1, -0.05) is 25.1 Å². The summed E-state index contributed by atoms with van der Waals surface area (Å²) in [6.45, 7) is 1.79. The summed E-state index contributed by atoms with van der Waals surface area (Å²) in [6.07, 6.45) is 0.486. The van der Waals surface area contributed by atoms with Gasteiger partial charge in [0.2, 0.25) is 5.88 Å². The molecule has 2 rings (SSSR count). The molecule has 0 spiro atoms. The first-order valence-corrected chi connectivity index (χ1v) is 5.20. The highest BCUT2D eigenvalue weighted by Gasteiger charge is 2.15. The van der Waals surface area contributed by atoms with Crippen LogP contribution in [0.15, 0.2) is 29.1 Å². The van der Waals surface area contributed by atoms with Crippen molar-refractivity contribution in [1.82, 2.24) is 9.97 Å². The van der Waals surface area contributed by atoms with Gasteiger partial charge in [-0.2, -0.15) is 4.98 Å². The third-order valence-electron chi connectivity index (χ3n) is 2.43. The predicted octanol–water partition coefficient (Wildman–Crippen LogP) is 1.84. The van der Waals surface area contributed by atoms with E-state index in [1.165, 1.54) is 18.2 Å². The minimum absolute atomic E-state index is 0.0430. The van der Waals surface area contributed by atoms with Crippen LogP contribution >= 0.6 is 0 Å². The molecule has 4 nitrogen and oxygen atoms in total. The monoisotopic (exact) mass is 234 g/mol. The van der Waals surface area contributed by atoms with Gasteiger partial charge in [0.15, 0.2) is 0 Å². The van der Waals surface area contributed by atoms with E-state index < -0.39 is 17.3 Å². The fourth-order valence-electron chi connectivity index (χ4n) is 1.58. The van der Waals surface area contributed by atoms with Gasteiger partial charge in [0.1, 0.15) is 17.2 Å². The summed E-state index contributed by atoms with van der Waals surface area (Å²) in [7, 11) is 0. The van der Waals surface area contributed by atoms with Crippen LogP contribution in [-0.4, -0.2) is 15.1 Å². The number of aromatic hydroxyl groups is 1. The molecule has 0 aliphatic rings. The molecule has 1 heterocycles. The lowest BCUT2D eigenvalue weighted by atomic mass is 10.1. The highest BCUT2D eigenvalue weighted by Crippen LogP contribution is 2.25. The topological polar surface area (TPSA) is 66.0 Å². The van der Waals surface area contributed by atoms with Crippen LogP contribution in [0, 0.1) is 5.82 Å². The average molecular weight is 234 g/mol. The molecule has 0 fully saturated rings. The van der Waals surface area contributed by atoms with E-state index in [0.29, 0.717) is 12.2 Å². The standard InChI is InChI=1S/C12H11FN2O2/c1-2-9-14-11(16)10(12(17)15-9)7-5-3-4-6-8(7)13/h3-6H,2H2,1H3,(H2,14,15,16,17). The Labute approximate surface area is 96.8 Å². The zero-order valence-electron chi connectivity index (χ0n) is 9.20. The Kier molecular flexibility index (Phi) is 2.91. The number of halogens is 1. The first-order valence-electron chi connectivity index (χ1n) is 5.20. The minimum atomic E-state index is -0.570. The smallest absolute Gasteiger partial charge is 0.262 e. The van der Waals surface area contributed by atoms with Gasteiger partial charge >= 0.3 is 0 Å². The van der Waals surface area contributed by atoms with Crippen LogP contribution in [0.25, 0.3) is 11.1 Å². The lowest BCUT2D eigenvalue weighted by Gasteiger charge is -2.05. The van der Waals surface area contributed by atoms with Gasteiger partial charge in [0.25, 0.3) is 5.56 Å². The molecule has 0 aliphatic carbocycles. The quantitative estimate of drug-likeness (QED) is 0.833. The highest BCUT2D eigenvalue weighted by atomic mass is 19.1. The number of hydrogen-bond donors (Lipinski definition) is 2. The number of rotatable bonds is 2. The van der Waals surface area contributed by atoms with Crippen molar-refractivity contribution in [3.05, 3.63) is 46.3 Å². The van der Waals surface area contributed by atoms with Crippen molar-refractivity contribution in [3.8, 4) is 17.0 Å². The molecule has 0 saturated carbocycles. The SMILES string of the molecule is CCc1nc(O)c(-c2ccccc2F)c(=O)[nH]1. The van der Waals surface area contributed by atoms with Crippen molar-refractivity contribution in [2.45, 2.75) is 13.3 Å². The van der Waals surface area contributed by atoms with E-state index in [1.54, 1.807) is 13.0 Å². The maximum Gasteiger partial charge on any atom is 0.262 e. The third-order valence-corrected chi connectivity index (χ3v) is 2.43. The minimum Gasteiger partial charge on any atom is -0.493 e. The number of aromatic amines is 1. The van der Waals surface area contributed by atoms with Crippen LogP contribution in [0.5, 0.6) is 5.88 Å². The van der Waals surface area contributed by atoms with Crippen molar-refractivity contribution >= 4 is 0 Å². The molecular formula is C12H11FN2O2. The fraction of sp³-hybridized carbons (Fsp3) is 0.167. The van der Waals surface area contributed by atoms with Crippen molar-refractivity contribution in [2.24, 2.45) is 0 Å². The normalized spacial score (nSPS) is 10.5. The molecule has 17 heavy (non-hydrogen) atoms. The van der Waals surface area contributed by atoms with Crippen LogP contribution in [-0.2, 0) is 6.42 Å². The molecule has 0 bridgehead atoms. The van der Waals surface area contributed by atoms with Crippen LogP contribution in [0.2, 0.25) is 0 Å². The van der Waals surface area contributed by atoms with Crippen LogP contribution < -0.4 is 5.56 Å². The fourth-order valence-corrected chi connectivity index (χ4v) is 1.58. The summed E-state index contributed by atoms with van der Waals surface area (Å²) < 4.78 is 13.5. The second kappa shape index (κ2) is 4.37. The van der Waals surface area contributed by atoms with Gasteiger partial charge in [-0.15, -0.1) is 0 Å². The summed E-state index contributed by atoms with van der Waals surface area (Å²) in [6, 6.07) is 5.75. The lowest BCUT2D eigenvalue weighted by Crippen LogP contribution is -2.14. The van der Waals surface area contributed by atoms with Crippen molar-refractivity contribution in [3.63, 3.8) is 0 Å². The Morgan fingerprint density at radius 3 is 2.71 bits per heavy atom. The van der Waals surface area contributed by atoms with E-state index >= 15 is 0 Å². The van der Waals surface area contributed by atoms with E-state index in [0.717, 1.165) is 0 Å². The molecule has 5 heteroatoms. The summed E-state index contributed by atoms with van der Waals surface area (Å²) in [4.78, 5) is 18.1. The molecule has 0 atom stereocenters. The maximum atomic E-state index is 13.5. The molecule has 88 valence electrons. The van der Waals surface area contributed by atoms with Crippen LogP contribution in [0.1, 0.15) is 12.7 Å². The molecular weight excluding hydrogens is 223 g/mol. The molecule has 0 aliphatic heterocycles. The molecule has 0 amide bonds. The third kappa shape index (κ3) is 2.04. The Morgan fingerprint density at radius 1 is 1.41 bits per heavy atom. The van der Waals surface area contributed by atoms with E-state index in [9.17, 15) is 14.3 Å². The number of nitrogens with one attached hydrogen (secondary N) is 1. The molecule has 1 aromatic heterocycles. The Hall–Kier alpha value is -2.17. The predicted molar refractivity (Wildman–Crippen MR) is 61.3 cm³/mol. The van der Waals surface area contributed by atoms with Gasteiger partial charge < -0.3 is 10.1 Å². The van der Waals surface area contributed by atoms with Gasteiger partial charge in [0.05, 0.1) is 0 Å². The summed E-state index contributed by atoms with van der Waals surface area (Å²) in [5.74, 6) is -0.650. The van der Waals surface area contributed by atoms with Gasteiger partial charge in [0, 0.05) is 12.0 Å². The second-order valence-electron chi connectivity index (χ2n) is 3.54. The summed E-state index contributed by atoms with van der Waals surface area (Å²) in [5.41, 5.74) is -0.638. The Bertz CT molecular complexity index is 608. The first-order chi connectivity index (χ1) is 8.13. The number of aryl methyl sites for hydroxylation is 1. The molecule has 1 aromatic carbocycles. The molecule has 0 saturated heterocycles. The first kappa shape index (κ1) is 11.3. The number of nitrogens with zero attached hydrogens (tertiary/aromatic N) is 1. The molecule has 0 radical (unpaired) electrons. The van der Waals surface area contributed by atoms with Gasteiger partial charge in [-0.25, -0.2) is 4.39 Å². The zero-order valence-corrected chi connectivity index (χ0v) is 9.20. The summed E-state index contributed by atoms with van der Waals surface area (Å²) in [5, 5.41) is 9.68. The van der Waals surface area contributed by atoms with Crippen LogP contribution in [0.4, 0.5) is 4.39 Å². The molecule has 0 unspecified atom stereocenters. The number of hydrogen-bond acceptors (Lipinski definition) is 3. The highest BCUT2D eigenvalue weighted by molar-refractivity contribution is 5.67. The Balaban J connectivity index is 2.69. The van der Waals surface area contributed by atoms with Crippen molar-refractivity contribution < 1.29 is 9.50 Å². The van der Waals surface area contributed by atoms with E-state index in [-0.39, 0.29) is 11.1 Å². The van der Waals surface area contributed by atoms with E-state index in [2.05, 4.69) is 9.97 Å². The van der Waals surface area contributed by atoms with Gasteiger partial charge in [-0.05, 0) is 6.07 Å².